The van der Waals surface area contributed by atoms with Crippen LogP contribution in [0.2, 0.25) is 0 Å². The Morgan fingerprint density at radius 1 is 0.917 bits per heavy atom. The van der Waals surface area contributed by atoms with Gasteiger partial charge in [-0.2, -0.15) is 0 Å². The van der Waals surface area contributed by atoms with E-state index < -0.39 is 0 Å². The van der Waals surface area contributed by atoms with Gasteiger partial charge in [-0.3, -0.25) is 14.7 Å². The summed E-state index contributed by atoms with van der Waals surface area (Å²) in [5.74, 6) is 1.36. The van der Waals surface area contributed by atoms with E-state index >= 15 is 0 Å². The summed E-state index contributed by atoms with van der Waals surface area (Å²) in [6.07, 6.45) is 8.75. The molecular weight excluding hydrogens is 302 g/mol. The predicted octanol–water partition coefficient (Wildman–Crippen LogP) is 1.13. The minimum Gasteiger partial charge on any atom is -0.354 e. The molecule has 136 valence electrons. The number of guanidine groups is 1. The lowest BCUT2D eigenvalue weighted by atomic mass is 9.93. The van der Waals surface area contributed by atoms with Gasteiger partial charge in [0.2, 0.25) is 5.91 Å². The van der Waals surface area contributed by atoms with Crippen molar-refractivity contribution in [3.63, 3.8) is 0 Å². The zero-order valence-corrected chi connectivity index (χ0v) is 15.2. The van der Waals surface area contributed by atoms with Crippen molar-refractivity contribution < 1.29 is 4.79 Å². The second-order valence-electron chi connectivity index (χ2n) is 7.38. The minimum atomic E-state index is 0.322. The van der Waals surface area contributed by atoms with Crippen LogP contribution in [-0.4, -0.2) is 85.5 Å². The third-order valence-electron chi connectivity index (χ3n) is 5.64. The quantitative estimate of drug-likeness (QED) is 0.621. The van der Waals surface area contributed by atoms with Gasteiger partial charge in [0.1, 0.15) is 0 Å². The summed E-state index contributed by atoms with van der Waals surface area (Å²) in [7, 11) is 1.87. The third-order valence-corrected chi connectivity index (χ3v) is 5.64. The molecule has 1 aliphatic carbocycles. The van der Waals surface area contributed by atoms with Gasteiger partial charge < -0.3 is 15.1 Å². The fourth-order valence-electron chi connectivity index (χ4n) is 3.76. The van der Waals surface area contributed by atoms with Crippen LogP contribution in [0.5, 0.6) is 0 Å². The Bertz CT molecular complexity index is 433. The molecule has 0 aromatic heterocycles. The molecule has 3 fully saturated rings. The summed E-state index contributed by atoms with van der Waals surface area (Å²) in [6.45, 7) is 6.31. The number of aliphatic imine (C=N–C) groups is 1. The van der Waals surface area contributed by atoms with Crippen molar-refractivity contribution in [2.24, 2.45) is 4.99 Å². The molecule has 0 unspecified atom stereocenters. The average Bonchev–Trinajstić information content (AvgIpc) is 2.84. The van der Waals surface area contributed by atoms with Crippen LogP contribution in [0.15, 0.2) is 4.99 Å². The van der Waals surface area contributed by atoms with Crippen LogP contribution >= 0.6 is 0 Å². The van der Waals surface area contributed by atoms with E-state index in [-0.39, 0.29) is 0 Å². The van der Waals surface area contributed by atoms with Crippen LogP contribution in [0, 0.1) is 0 Å². The molecule has 3 rings (SSSR count). The van der Waals surface area contributed by atoms with Crippen molar-refractivity contribution in [3.8, 4) is 0 Å². The van der Waals surface area contributed by atoms with Crippen molar-refractivity contribution >= 4 is 11.9 Å². The number of carbonyl (C=O) groups excluding carboxylic acids is 1. The highest BCUT2D eigenvalue weighted by Crippen LogP contribution is 2.18. The first kappa shape index (κ1) is 17.5. The molecule has 2 heterocycles. The summed E-state index contributed by atoms with van der Waals surface area (Å²) >= 11 is 0. The molecule has 2 saturated heterocycles. The van der Waals surface area contributed by atoms with Crippen molar-refractivity contribution in [2.75, 3.05) is 52.9 Å². The molecule has 0 aromatic carbocycles. The minimum absolute atomic E-state index is 0.322. The van der Waals surface area contributed by atoms with Crippen LogP contribution in [0.4, 0.5) is 0 Å². The first-order valence-corrected chi connectivity index (χ1v) is 9.74. The zero-order chi connectivity index (χ0) is 16.8. The van der Waals surface area contributed by atoms with Crippen LogP contribution in [0.3, 0.4) is 0 Å². The van der Waals surface area contributed by atoms with Crippen LogP contribution in [-0.2, 0) is 4.79 Å². The average molecular weight is 335 g/mol. The van der Waals surface area contributed by atoms with Gasteiger partial charge in [0.15, 0.2) is 5.96 Å². The van der Waals surface area contributed by atoms with Gasteiger partial charge in [-0.15, -0.1) is 0 Å². The maximum Gasteiger partial charge on any atom is 0.236 e. The van der Waals surface area contributed by atoms with E-state index in [2.05, 4.69) is 25.0 Å². The van der Waals surface area contributed by atoms with Gasteiger partial charge in [0.05, 0.1) is 6.54 Å². The normalized spacial score (nSPS) is 24.5. The van der Waals surface area contributed by atoms with E-state index in [0.717, 1.165) is 45.2 Å². The summed E-state index contributed by atoms with van der Waals surface area (Å²) in [5.41, 5.74) is 0. The third kappa shape index (κ3) is 4.62. The Morgan fingerprint density at radius 3 is 2.12 bits per heavy atom. The Kier molecular flexibility index (Phi) is 6.35. The highest BCUT2D eigenvalue weighted by atomic mass is 16.2. The molecule has 1 N–H and O–H groups in total. The van der Waals surface area contributed by atoms with Crippen molar-refractivity contribution in [2.45, 2.75) is 51.0 Å². The van der Waals surface area contributed by atoms with Crippen LogP contribution in [0.1, 0.15) is 44.9 Å². The monoisotopic (exact) mass is 335 g/mol. The highest BCUT2D eigenvalue weighted by Gasteiger charge is 2.26. The van der Waals surface area contributed by atoms with Crippen molar-refractivity contribution in [1.29, 1.82) is 0 Å². The first-order chi connectivity index (χ1) is 11.8. The molecule has 0 aromatic rings. The van der Waals surface area contributed by atoms with Gasteiger partial charge in [-0.1, -0.05) is 12.8 Å². The SMILES string of the molecule is CN=C(NC1CCC1)N1CCN(CC(=O)N2CCCCCC2)CC1. The molecule has 0 radical (unpaired) electrons. The Morgan fingerprint density at radius 2 is 1.58 bits per heavy atom. The lowest BCUT2D eigenvalue weighted by Gasteiger charge is -2.39. The second-order valence-corrected chi connectivity index (χ2v) is 7.38. The predicted molar refractivity (Wildman–Crippen MR) is 97.2 cm³/mol. The first-order valence-electron chi connectivity index (χ1n) is 9.74. The molecule has 24 heavy (non-hydrogen) atoms. The maximum absolute atomic E-state index is 12.5. The summed E-state index contributed by atoms with van der Waals surface area (Å²) in [6, 6.07) is 0.617. The Hall–Kier alpha value is -1.30. The zero-order valence-electron chi connectivity index (χ0n) is 15.2. The molecule has 0 atom stereocenters. The fourth-order valence-corrected chi connectivity index (χ4v) is 3.76. The number of rotatable bonds is 3. The molecule has 3 aliphatic rings. The van der Waals surface area contributed by atoms with E-state index in [0.29, 0.717) is 18.5 Å². The largest absolute Gasteiger partial charge is 0.354 e. The molecule has 6 heteroatoms. The van der Waals surface area contributed by atoms with Crippen molar-refractivity contribution in [1.82, 2.24) is 20.0 Å². The van der Waals surface area contributed by atoms with E-state index in [1.54, 1.807) is 0 Å². The number of nitrogens with one attached hydrogen (secondary N) is 1. The molecule has 1 saturated carbocycles. The van der Waals surface area contributed by atoms with Crippen LogP contribution < -0.4 is 5.32 Å². The number of hydrogen-bond donors (Lipinski definition) is 1. The molecule has 6 nitrogen and oxygen atoms in total. The molecule has 1 amide bonds. The van der Waals surface area contributed by atoms with Gasteiger partial charge in [0, 0.05) is 52.4 Å². The van der Waals surface area contributed by atoms with E-state index in [1.807, 2.05) is 7.05 Å². The topological polar surface area (TPSA) is 51.2 Å². The maximum atomic E-state index is 12.5. The number of carbonyl (C=O) groups is 1. The second kappa shape index (κ2) is 8.70. The van der Waals surface area contributed by atoms with Crippen LogP contribution in [0.25, 0.3) is 0 Å². The van der Waals surface area contributed by atoms with Gasteiger partial charge in [0.25, 0.3) is 0 Å². The standard InChI is InChI=1S/C18H33N5O/c1-19-18(20-16-7-6-8-16)23-13-11-21(12-14-23)15-17(24)22-9-4-2-3-5-10-22/h16H,2-15H2,1H3,(H,19,20). The Labute approximate surface area is 146 Å². The molecular formula is C18H33N5O. The molecule has 0 bridgehead atoms. The van der Waals surface area contributed by atoms with E-state index in [1.165, 1.54) is 44.9 Å². The number of likely N-dealkylation sites (tertiary alicyclic amines) is 1. The number of piperazine rings is 1. The number of hydrogen-bond acceptors (Lipinski definition) is 3. The van der Waals surface area contributed by atoms with Gasteiger partial charge >= 0.3 is 0 Å². The van der Waals surface area contributed by atoms with Gasteiger partial charge in [-0.05, 0) is 32.1 Å². The summed E-state index contributed by atoms with van der Waals surface area (Å²) < 4.78 is 0. The van der Waals surface area contributed by atoms with Crippen molar-refractivity contribution in [3.05, 3.63) is 0 Å². The number of nitrogens with zero attached hydrogens (tertiary/aromatic N) is 4. The van der Waals surface area contributed by atoms with E-state index in [9.17, 15) is 4.79 Å². The highest BCUT2D eigenvalue weighted by molar-refractivity contribution is 5.80. The molecule has 2 aliphatic heterocycles. The lowest BCUT2D eigenvalue weighted by Crippen LogP contribution is -2.56. The molecule has 0 spiro atoms. The van der Waals surface area contributed by atoms with Gasteiger partial charge in [-0.25, -0.2) is 0 Å². The lowest BCUT2D eigenvalue weighted by molar-refractivity contribution is -0.132. The van der Waals surface area contributed by atoms with E-state index in [4.69, 9.17) is 0 Å². The smallest absolute Gasteiger partial charge is 0.236 e. The number of amides is 1. The Balaban J connectivity index is 1.41. The summed E-state index contributed by atoms with van der Waals surface area (Å²) in [5, 5.41) is 3.57. The fraction of sp³-hybridized carbons (Fsp3) is 0.889. The summed E-state index contributed by atoms with van der Waals surface area (Å²) in [4.78, 5) is 23.7.